The fourth-order valence-electron chi connectivity index (χ4n) is 3.25. The van der Waals surface area contributed by atoms with Gasteiger partial charge in [-0.3, -0.25) is 4.90 Å². The highest BCUT2D eigenvalue weighted by atomic mass is 16.5. The maximum absolute atomic E-state index is 5.24. The van der Waals surface area contributed by atoms with Crippen molar-refractivity contribution in [2.45, 2.75) is 51.2 Å². The number of rotatable bonds is 5. The first-order valence-corrected chi connectivity index (χ1v) is 7.72. The van der Waals surface area contributed by atoms with E-state index in [1.807, 2.05) is 19.2 Å². The molecule has 0 aromatic heterocycles. The van der Waals surface area contributed by atoms with E-state index in [2.05, 4.69) is 36.2 Å². The molecule has 3 nitrogen and oxygen atoms in total. The van der Waals surface area contributed by atoms with Gasteiger partial charge in [0.15, 0.2) is 0 Å². The summed E-state index contributed by atoms with van der Waals surface area (Å²) in [5.41, 5.74) is 1.33. The monoisotopic (exact) mass is 276 g/mol. The summed E-state index contributed by atoms with van der Waals surface area (Å²) in [7, 11) is 3.76. The van der Waals surface area contributed by atoms with E-state index in [0.717, 1.165) is 12.3 Å². The van der Waals surface area contributed by atoms with Crippen LogP contribution in [-0.2, 0) is 0 Å². The van der Waals surface area contributed by atoms with Crippen molar-refractivity contribution in [3.05, 3.63) is 29.8 Å². The predicted molar refractivity (Wildman–Crippen MR) is 84.3 cm³/mol. The Balaban J connectivity index is 2.07. The number of likely N-dealkylation sites (tertiary alicyclic amines) is 1. The Morgan fingerprint density at radius 1 is 1.20 bits per heavy atom. The lowest BCUT2D eigenvalue weighted by Crippen LogP contribution is -2.47. The number of hydrogen-bond acceptors (Lipinski definition) is 3. The molecular weight excluding hydrogens is 248 g/mol. The summed E-state index contributed by atoms with van der Waals surface area (Å²) in [5, 5.41) is 3.46. The fourth-order valence-corrected chi connectivity index (χ4v) is 3.25. The van der Waals surface area contributed by atoms with Crippen molar-refractivity contribution in [1.82, 2.24) is 10.2 Å². The molecule has 1 fully saturated rings. The lowest BCUT2D eigenvalue weighted by atomic mass is 9.95. The second-order valence-corrected chi connectivity index (χ2v) is 5.94. The summed E-state index contributed by atoms with van der Waals surface area (Å²) in [5.74, 6) is 0.920. The van der Waals surface area contributed by atoms with Gasteiger partial charge in [-0.15, -0.1) is 0 Å². The minimum absolute atomic E-state index is 0.379. The summed E-state index contributed by atoms with van der Waals surface area (Å²) in [6, 6.07) is 10.2. The molecular formula is C17H28N2O. The molecule has 20 heavy (non-hydrogen) atoms. The van der Waals surface area contributed by atoms with E-state index < -0.39 is 0 Å². The highest BCUT2D eigenvalue weighted by Crippen LogP contribution is 2.26. The SMILES string of the molecule is CNC(CN1[C@H](C)CCC[C@@H]1C)c1ccc(OC)cc1. The highest BCUT2D eigenvalue weighted by Gasteiger charge is 2.26. The van der Waals surface area contributed by atoms with Gasteiger partial charge in [-0.1, -0.05) is 18.6 Å². The number of nitrogens with zero attached hydrogens (tertiary/aromatic N) is 1. The third-order valence-corrected chi connectivity index (χ3v) is 4.64. The molecule has 112 valence electrons. The number of piperidine rings is 1. The van der Waals surface area contributed by atoms with Crippen LogP contribution in [0.1, 0.15) is 44.7 Å². The van der Waals surface area contributed by atoms with Gasteiger partial charge in [0.25, 0.3) is 0 Å². The van der Waals surface area contributed by atoms with Crippen LogP contribution in [0.25, 0.3) is 0 Å². The lowest BCUT2D eigenvalue weighted by Gasteiger charge is -2.41. The summed E-state index contributed by atoms with van der Waals surface area (Å²) in [6.07, 6.45) is 4.01. The van der Waals surface area contributed by atoms with Crippen LogP contribution in [0.5, 0.6) is 5.75 Å². The fraction of sp³-hybridized carbons (Fsp3) is 0.647. The quantitative estimate of drug-likeness (QED) is 0.893. The van der Waals surface area contributed by atoms with E-state index in [1.54, 1.807) is 7.11 Å². The molecule has 1 aliphatic heterocycles. The Labute approximate surface area is 123 Å². The molecule has 0 radical (unpaired) electrons. The zero-order chi connectivity index (χ0) is 14.5. The third-order valence-electron chi connectivity index (χ3n) is 4.64. The molecule has 0 saturated carbocycles. The normalized spacial score (nSPS) is 25.4. The van der Waals surface area contributed by atoms with Crippen LogP contribution in [0.3, 0.4) is 0 Å². The smallest absolute Gasteiger partial charge is 0.118 e. The Morgan fingerprint density at radius 2 is 1.80 bits per heavy atom. The summed E-state index contributed by atoms with van der Waals surface area (Å²) < 4.78 is 5.24. The Morgan fingerprint density at radius 3 is 2.30 bits per heavy atom. The van der Waals surface area contributed by atoms with Crippen LogP contribution in [0.15, 0.2) is 24.3 Å². The first kappa shape index (κ1) is 15.3. The van der Waals surface area contributed by atoms with Gasteiger partial charge in [0, 0.05) is 24.7 Å². The van der Waals surface area contributed by atoms with E-state index in [-0.39, 0.29) is 0 Å². The van der Waals surface area contributed by atoms with Gasteiger partial charge in [-0.05, 0) is 51.4 Å². The van der Waals surface area contributed by atoms with E-state index in [9.17, 15) is 0 Å². The largest absolute Gasteiger partial charge is 0.497 e. The van der Waals surface area contributed by atoms with E-state index >= 15 is 0 Å². The average molecular weight is 276 g/mol. The van der Waals surface area contributed by atoms with Crippen LogP contribution in [0.4, 0.5) is 0 Å². The van der Waals surface area contributed by atoms with E-state index in [1.165, 1.54) is 24.8 Å². The molecule has 1 aliphatic rings. The predicted octanol–water partition coefficient (Wildman–Crippen LogP) is 3.22. The number of ether oxygens (including phenoxy) is 1. The standard InChI is InChI=1S/C17H28N2O/c1-13-6-5-7-14(2)19(13)12-17(18-3)15-8-10-16(20-4)11-9-15/h8-11,13-14,17-18H,5-7,12H2,1-4H3/t13-,14+,17?. The Kier molecular flexibility index (Phi) is 5.44. The zero-order valence-electron chi connectivity index (χ0n) is 13.2. The van der Waals surface area contributed by atoms with Crippen LogP contribution in [0, 0.1) is 0 Å². The number of likely N-dealkylation sites (N-methyl/N-ethyl adjacent to an activating group) is 1. The highest BCUT2D eigenvalue weighted by molar-refractivity contribution is 5.29. The van der Waals surface area contributed by atoms with Gasteiger partial charge in [0.05, 0.1) is 7.11 Å². The third kappa shape index (κ3) is 3.53. The zero-order valence-corrected chi connectivity index (χ0v) is 13.2. The van der Waals surface area contributed by atoms with E-state index in [4.69, 9.17) is 4.74 Å². The number of hydrogen-bond donors (Lipinski definition) is 1. The Hall–Kier alpha value is -1.06. The molecule has 1 aromatic rings. The number of benzene rings is 1. The van der Waals surface area contributed by atoms with Gasteiger partial charge < -0.3 is 10.1 Å². The molecule has 1 aromatic carbocycles. The van der Waals surface area contributed by atoms with Crippen LogP contribution < -0.4 is 10.1 Å². The van der Waals surface area contributed by atoms with Gasteiger partial charge in [0.1, 0.15) is 5.75 Å². The van der Waals surface area contributed by atoms with E-state index in [0.29, 0.717) is 18.1 Å². The maximum atomic E-state index is 5.24. The summed E-state index contributed by atoms with van der Waals surface area (Å²) >= 11 is 0. The van der Waals surface area contributed by atoms with Crippen LogP contribution >= 0.6 is 0 Å². The second-order valence-electron chi connectivity index (χ2n) is 5.94. The average Bonchev–Trinajstić information content (AvgIpc) is 2.47. The van der Waals surface area contributed by atoms with Crippen molar-refractivity contribution in [3.63, 3.8) is 0 Å². The van der Waals surface area contributed by atoms with Gasteiger partial charge in [0.2, 0.25) is 0 Å². The van der Waals surface area contributed by atoms with Crippen molar-refractivity contribution >= 4 is 0 Å². The molecule has 2 rings (SSSR count). The second kappa shape index (κ2) is 7.09. The van der Waals surface area contributed by atoms with Gasteiger partial charge in [-0.25, -0.2) is 0 Å². The topological polar surface area (TPSA) is 24.5 Å². The first-order valence-electron chi connectivity index (χ1n) is 7.72. The van der Waals surface area contributed by atoms with Gasteiger partial charge in [-0.2, -0.15) is 0 Å². The first-order chi connectivity index (χ1) is 9.65. The van der Waals surface area contributed by atoms with Crippen molar-refractivity contribution in [2.75, 3.05) is 20.7 Å². The summed E-state index contributed by atoms with van der Waals surface area (Å²) in [6.45, 7) is 5.79. The summed E-state index contributed by atoms with van der Waals surface area (Å²) in [4.78, 5) is 2.65. The van der Waals surface area contributed by atoms with Crippen molar-refractivity contribution in [2.24, 2.45) is 0 Å². The molecule has 1 saturated heterocycles. The van der Waals surface area contributed by atoms with Gasteiger partial charge >= 0.3 is 0 Å². The molecule has 0 aliphatic carbocycles. The van der Waals surface area contributed by atoms with Crippen LogP contribution in [0.2, 0.25) is 0 Å². The van der Waals surface area contributed by atoms with Crippen molar-refractivity contribution < 1.29 is 4.74 Å². The molecule has 0 bridgehead atoms. The van der Waals surface area contributed by atoms with Crippen molar-refractivity contribution in [1.29, 1.82) is 0 Å². The molecule has 3 atom stereocenters. The van der Waals surface area contributed by atoms with Crippen molar-refractivity contribution in [3.8, 4) is 5.75 Å². The molecule has 3 heteroatoms. The maximum Gasteiger partial charge on any atom is 0.118 e. The number of nitrogens with one attached hydrogen (secondary N) is 1. The molecule has 0 spiro atoms. The molecule has 1 heterocycles. The number of methoxy groups -OCH3 is 1. The molecule has 0 amide bonds. The minimum Gasteiger partial charge on any atom is -0.497 e. The Bertz CT molecular complexity index is 394. The minimum atomic E-state index is 0.379. The van der Waals surface area contributed by atoms with Crippen LogP contribution in [-0.4, -0.2) is 37.7 Å². The molecule has 1 unspecified atom stereocenters. The lowest BCUT2D eigenvalue weighted by molar-refractivity contribution is 0.0920. The molecule has 1 N–H and O–H groups in total.